The van der Waals surface area contributed by atoms with Crippen LogP contribution < -0.4 is 21.7 Å². The average molecular weight is 451 g/mol. The summed E-state index contributed by atoms with van der Waals surface area (Å²) >= 11 is 1.51. The van der Waals surface area contributed by atoms with Gasteiger partial charge in [0.05, 0.1) is 19.1 Å². The quantitative estimate of drug-likeness (QED) is 0.151. The van der Waals surface area contributed by atoms with E-state index in [0.29, 0.717) is 12.2 Å². The van der Waals surface area contributed by atoms with Crippen molar-refractivity contribution < 1.29 is 39.3 Å². The fraction of sp³-hybridized carbons (Fsp3) is 0.706. The topological polar surface area (TPSA) is 208 Å². The fourth-order valence-corrected chi connectivity index (χ4v) is 2.76. The molecule has 0 aliphatic carbocycles. The summed E-state index contributed by atoms with van der Waals surface area (Å²) in [6.45, 7) is 2.35. The number of carboxylic acid groups (broad SMARTS) is 2. The second-order valence-corrected chi connectivity index (χ2v) is 7.84. The first-order valence-electron chi connectivity index (χ1n) is 9.15. The molecule has 30 heavy (non-hydrogen) atoms. The maximum absolute atomic E-state index is 12.6. The molecule has 0 aromatic heterocycles. The van der Waals surface area contributed by atoms with Crippen LogP contribution in [0.25, 0.3) is 0 Å². The molecule has 0 heterocycles. The second-order valence-electron chi connectivity index (χ2n) is 6.86. The predicted molar refractivity (Wildman–Crippen MR) is 109 cm³/mol. The summed E-state index contributed by atoms with van der Waals surface area (Å²) in [6.07, 6.45) is 1.41. The Morgan fingerprint density at radius 3 is 1.93 bits per heavy atom. The van der Waals surface area contributed by atoms with Crippen molar-refractivity contribution in [2.24, 2.45) is 11.7 Å². The van der Waals surface area contributed by atoms with E-state index in [1.165, 1.54) is 11.8 Å². The van der Waals surface area contributed by atoms with E-state index < -0.39 is 72.8 Å². The van der Waals surface area contributed by atoms with Crippen molar-refractivity contribution in [1.82, 2.24) is 16.0 Å². The van der Waals surface area contributed by atoms with Crippen molar-refractivity contribution in [3.63, 3.8) is 0 Å². The Balaban J connectivity index is 5.31. The molecule has 172 valence electrons. The van der Waals surface area contributed by atoms with Gasteiger partial charge in [-0.2, -0.15) is 11.8 Å². The number of aliphatic hydroxyl groups is 1. The third kappa shape index (κ3) is 9.89. The highest BCUT2D eigenvalue weighted by molar-refractivity contribution is 7.98. The van der Waals surface area contributed by atoms with E-state index in [1.807, 2.05) is 11.6 Å². The van der Waals surface area contributed by atoms with Crippen molar-refractivity contribution in [2.75, 3.05) is 18.6 Å². The lowest BCUT2D eigenvalue weighted by Crippen LogP contribution is -2.59. The lowest BCUT2D eigenvalue weighted by Gasteiger charge is -2.26. The fourth-order valence-electron chi connectivity index (χ4n) is 2.27. The minimum atomic E-state index is -1.67. The minimum absolute atomic E-state index is 0.390. The average Bonchev–Trinajstić information content (AvgIpc) is 2.66. The Hall–Kier alpha value is -2.38. The van der Waals surface area contributed by atoms with Crippen LogP contribution in [0, 0.1) is 5.92 Å². The maximum atomic E-state index is 12.6. The van der Waals surface area contributed by atoms with E-state index >= 15 is 0 Å². The molecular weight excluding hydrogens is 420 g/mol. The van der Waals surface area contributed by atoms with Crippen LogP contribution >= 0.6 is 11.8 Å². The molecule has 0 saturated carbocycles. The summed E-state index contributed by atoms with van der Waals surface area (Å²) in [4.78, 5) is 59.1. The van der Waals surface area contributed by atoms with E-state index in [0.717, 1.165) is 0 Å². The van der Waals surface area contributed by atoms with Crippen LogP contribution in [-0.2, 0) is 24.0 Å². The molecule has 3 amide bonds. The first-order chi connectivity index (χ1) is 13.9. The van der Waals surface area contributed by atoms with E-state index in [2.05, 4.69) is 10.6 Å². The van der Waals surface area contributed by atoms with Crippen LogP contribution in [-0.4, -0.2) is 87.8 Å². The molecule has 0 radical (unpaired) electrons. The number of rotatable bonds is 14. The van der Waals surface area contributed by atoms with Gasteiger partial charge in [0.1, 0.15) is 18.1 Å². The molecule has 4 atom stereocenters. The zero-order valence-corrected chi connectivity index (χ0v) is 17.9. The Kier molecular flexibility index (Phi) is 12.7. The van der Waals surface area contributed by atoms with Gasteiger partial charge in [-0.3, -0.25) is 19.2 Å². The Morgan fingerprint density at radius 1 is 0.933 bits per heavy atom. The molecule has 0 aliphatic heterocycles. The molecule has 13 heteroatoms. The Morgan fingerprint density at radius 2 is 1.50 bits per heavy atom. The molecule has 0 bridgehead atoms. The van der Waals surface area contributed by atoms with Crippen molar-refractivity contribution in [1.29, 1.82) is 0 Å². The Bertz CT molecular complexity index is 631. The van der Waals surface area contributed by atoms with Crippen molar-refractivity contribution >= 4 is 41.4 Å². The second kappa shape index (κ2) is 13.8. The number of carbonyl (C=O) groups excluding carboxylic acids is 3. The largest absolute Gasteiger partial charge is 0.481 e. The number of carbonyl (C=O) groups is 5. The van der Waals surface area contributed by atoms with E-state index in [4.69, 9.17) is 21.1 Å². The van der Waals surface area contributed by atoms with Crippen molar-refractivity contribution in [3.8, 4) is 0 Å². The maximum Gasteiger partial charge on any atom is 0.328 e. The standard InChI is InChI=1S/C17H30N4O8S/c1-8(2)13(21-14(25)9(18)4-5-30-3)16(27)19-10(6-12(23)24)15(26)20-11(7-22)17(28)29/h8-11,13,22H,4-7,18H2,1-3H3,(H,19,27)(H,20,26)(H,21,25)(H,23,24)(H,28,29). The number of hydrogen-bond donors (Lipinski definition) is 7. The summed E-state index contributed by atoms with van der Waals surface area (Å²) in [5, 5.41) is 33.6. The van der Waals surface area contributed by atoms with Crippen LogP contribution in [0.3, 0.4) is 0 Å². The van der Waals surface area contributed by atoms with Crippen LogP contribution in [0.15, 0.2) is 0 Å². The number of nitrogens with one attached hydrogen (secondary N) is 3. The highest BCUT2D eigenvalue weighted by Crippen LogP contribution is 2.06. The van der Waals surface area contributed by atoms with Crippen LogP contribution in [0.1, 0.15) is 26.7 Å². The van der Waals surface area contributed by atoms with Gasteiger partial charge in [0.25, 0.3) is 0 Å². The molecule has 0 saturated heterocycles. The smallest absolute Gasteiger partial charge is 0.328 e. The van der Waals surface area contributed by atoms with Gasteiger partial charge in [0.2, 0.25) is 17.7 Å². The first kappa shape index (κ1) is 27.6. The third-order valence-corrected chi connectivity index (χ3v) is 4.67. The summed E-state index contributed by atoms with van der Waals surface area (Å²) in [5.74, 6) is -5.22. The van der Waals surface area contributed by atoms with Crippen molar-refractivity contribution in [2.45, 2.75) is 50.9 Å². The number of amides is 3. The number of carboxylic acids is 2. The van der Waals surface area contributed by atoms with Crippen LogP contribution in [0.2, 0.25) is 0 Å². The lowest BCUT2D eigenvalue weighted by atomic mass is 10.0. The Labute approximate surface area is 178 Å². The number of hydrogen-bond acceptors (Lipinski definition) is 8. The third-order valence-electron chi connectivity index (χ3n) is 4.03. The number of nitrogens with two attached hydrogens (primary N) is 1. The number of aliphatic carboxylic acids is 2. The molecule has 8 N–H and O–H groups in total. The van der Waals surface area contributed by atoms with E-state index in [1.54, 1.807) is 13.8 Å². The number of aliphatic hydroxyl groups excluding tert-OH is 1. The molecular formula is C17H30N4O8S. The van der Waals surface area contributed by atoms with Crippen LogP contribution in [0.4, 0.5) is 0 Å². The zero-order chi connectivity index (χ0) is 23.4. The van der Waals surface area contributed by atoms with Gasteiger partial charge in [-0.05, 0) is 24.3 Å². The summed E-state index contributed by atoms with van der Waals surface area (Å²) < 4.78 is 0. The van der Waals surface area contributed by atoms with Gasteiger partial charge < -0.3 is 37.0 Å². The van der Waals surface area contributed by atoms with Gasteiger partial charge in [-0.25, -0.2) is 4.79 Å². The minimum Gasteiger partial charge on any atom is -0.481 e. The SMILES string of the molecule is CSCCC(N)C(=O)NC(C(=O)NC(CC(=O)O)C(=O)NC(CO)C(=O)O)C(C)C. The molecule has 0 fully saturated rings. The predicted octanol–water partition coefficient (Wildman–Crippen LogP) is -2.27. The van der Waals surface area contributed by atoms with E-state index in [-0.39, 0.29) is 0 Å². The molecule has 0 spiro atoms. The highest BCUT2D eigenvalue weighted by atomic mass is 32.2. The number of thioether (sulfide) groups is 1. The monoisotopic (exact) mass is 450 g/mol. The molecule has 0 aromatic carbocycles. The van der Waals surface area contributed by atoms with Gasteiger partial charge in [0, 0.05) is 0 Å². The molecule has 0 rings (SSSR count). The lowest BCUT2D eigenvalue weighted by molar-refractivity contribution is -0.144. The van der Waals surface area contributed by atoms with Gasteiger partial charge in [-0.1, -0.05) is 13.8 Å². The summed E-state index contributed by atoms with van der Waals surface area (Å²) in [5.41, 5.74) is 5.79. The molecule has 0 aliphatic rings. The highest BCUT2D eigenvalue weighted by Gasteiger charge is 2.32. The normalized spacial score (nSPS) is 14.9. The first-order valence-corrected chi connectivity index (χ1v) is 10.5. The van der Waals surface area contributed by atoms with Crippen LogP contribution in [0.5, 0.6) is 0 Å². The molecule has 0 aromatic rings. The molecule has 4 unspecified atom stereocenters. The summed E-state index contributed by atoms with van der Waals surface area (Å²) in [6, 6.07) is -5.23. The van der Waals surface area contributed by atoms with E-state index in [9.17, 15) is 24.0 Å². The molecule has 12 nitrogen and oxygen atoms in total. The van der Waals surface area contributed by atoms with Gasteiger partial charge in [0.15, 0.2) is 0 Å². The summed E-state index contributed by atoms with van der Waals surface area (Å²) in [7, 11) is 0. The van der Waals surface area contributed by atoms with Gasteiger partial charge >= 0.3 is 11.9 Å². The van der Waals surface area contributed by atoms with Gasteiger partial charge in [-0.15, -0.1) is 0 Å². The van der Waals surface area contributed by atoms with Crippen molar-refractivity contribution in [3.05, 3.63) is 0 Å². The zero-order valence-electron chi connectivity index (χ0n) is 17.1.